The van der Waals surface area contributed by atoms with Crippen LogP contribution in [0.1, 0.15) is 45.5 Å². The highest BCUT2D eigenvalue weighted by Gasteiger charge is 2.35. The lowest BCUT2D eigenvalue weighted by Gasteiger charge is -2.21. The van der Waals surface area contributed by atoms with E-state index in [-0.39, 0.29) is 60.8 Å². The highest BCUT2D eigenvalue weighted by atomic mass is 15.0. The summed E-state index contributed by atoms with van der Waals surface area (Å²) in [5, 5.41) is -2.16. The molecule has 9 aromatic rings. The predicted molar refractivity (Wildman–Crippen MR) is 212 cm³/mol. The van der Waals surface area contributed by atoms with Crippen molar-refractivity contribution >= 4 is 32.3 Å². The van der Waals surface area contributed by atoms with Crippen LogP contribution in [0, 0.1) is 0 Å². The van der Waals surface area contributed by atoms with Crippen LogP contribution in [0.15, 0.2) is 163 Å². The van der Waals surface area contributed by atoms with Crippen LogP contribution in [0.4, 0.5) is 0 Å². The third-order valence-corrected chi connectivity index (χ3v) is 9.55. The summed E-state index contributed by atoms with van der Waals surface area (Å²) in [6.07, 6.45) is 0. The summed E-state index contributed by atoms with van der Waals surface area (Å²) in [4.78, 5) is 14.4. The van der Waals surface area contributed by atoms with Gasteiger partial charge < -0.3 is 0 Å². The minimum atomic E-state index is -0.769. The molecule has 1 heterocycles. The number of aromatic nitrogens is 3. The Labute approximate surface area is 318 Å². The second-order valence-electron chi connectivity index (χ2n) is 12.9. The predicted octanol–water partition coefficient (Wildman–Crippen LogP) is 12.3. The van der Waals surface area contributed by atoms with Gasteiger partial charge in [-0.1, -0.05) is 159 Å². The van der Waals surface area contributed by atoms with Gasteiger partial charge in [0.25, 0.3) is 0 Å². The third kappa shape index (κ3) is 4.69. The Balaban J connectivity index is 1.30. The lowest BCUT2D eigenvalue weighted by Crippen LogP contribution is -2.15. The van der Waals surface area contributed by atoms with Gasteiger partial charge in [0.05, 0.1) is 20.6 Å². The van der Waals surface area contributed by atoms with Gasteiger partial charge in [-0.25, -0.2) is 15.0 Å². The quantitative estimate of drug-likeness (QED) is 0.175. The molecule has 0 amide bonds. The first-order valence-electron chi connectivity index (χ1n) is 23.8. The topological polar surface area (TPSA) is 38.7 Å². The lowest BCUT2D eigenvalue weighted by atomic mass is 9.82. The molecule has 51 heavy (non-hydrogen) atoms. The Morgan fingerprint density at radius 3 is 1.69 bits per heavy atom. The molecule has 0 saturated carbocycles. The summed E-state index contributed by atoms with van der Waals surface area (Å²) in [7, 11) is 0. The van der Waals surface area contributed by atoms with Crippen LogP contribution < -0.4 is 0 Å². The van der Waals surface area contributed by atoms with Gasteiger partial charge in [0.15, 0.2) is 17.5 Å². The molecule has 1 aromatic heterocycles. The first-order chi connectivity index (χ1) is 31.3. The molecule has 0 radical (unpaired) electrons. The fraction of sp³-hybridized carbons (Fsp3) is 0.0625. The van der Waals surface area contributed by atoms with Gasteiger partial charge >= 0.3 is 0 Å². The molecule has 0 unspecified atom stereocenters. The van der Waals surface area contributed by atoms with Gasteiger partial charge in [-0.3, -0.25) is 0 Å². The van der Waals surface area contributed by atoms with Crippen molar-refractivity contribution in [1.82, 2.24) is 15.0 Å². The molecule has 240 valence electrons. The summed E-state index contributed by atoms with van der Waals surface area (Å²) >= 11 is 0. The summed E-state index contributed by atoms with van der Waals surface area (Å²) in [6, 6.07) is 12.5. The van der Waals surface area contributed by atoms with Crippen LogP contribution in [0.3, 0.4) is 0 Å². The molecular weight excluding hydrogens is 619 g/mol. The van der Waals surface area contributed by atoms with Crippen LogP contribution in [0.25, 0.3) is 88.7 Å². The Kier molecular flexibility index (Phi) is 3.98. The summed E-state index contributed by atoms with van der Waals surface area (Å²) < 4.78 is 135. The van der Waals surface area contributed by atoms with Crippen molar-refractivity contribution in [1.29, 1.82) is 0 Å². The van der Waals surface area contributed by atoms with E-state index in [9.17, 15) is 8.22 Å². The molecule has 1 aliphatic carbocycles. The molecule has 0 atom stereocenters. The smallest absolute Gasteiger partial charge is 0.164 e. The number of benzene rings is 8. The second-order valence-corrected chi connectivity index (χ2v) is 12.9. The first-order valence-corrected chi connectivity index (χ1v) is 16.3. The van der Waals surface area contributed by atoms with E-state index in [1.807, 2.05) is 36.4 Å². The molecule has 1 aliphatic rings. The summed E-state index contributed by atoms with van der Waals surface area (Å²) in [6.45, 7) is 4.26. The van der Waals surface area contributed by atoms with E-state index in [2.05, 4.69) is 26.0 Å². The molecule has 0 N–H and O–H groups in total. The maximum atomic E-state index is 9.75. The van der Waals surface area contributed by atoms with Crippen LogP contribution in [-0.2, 0) is 5.41 Å². The van der Waals surface area contributed by atoms with Crippen molar-refractivity contribution in [2.75, 3.05) is 0 Å². The van der Waals surface area contributed by atoms with Gasteiger partial charge in [-0.15, -0.1) is 0 Å². The molecule has 0 spiro atoms. The fourth-order valence-electron chi connectivity index (χ4n) is 7.04. The van der Waals surface area contributed by atoms with Crippen molar-refractivity contribution in [3.05, 3.63) is 175 Å². The minimum Gasteiger partial charge on any atom is -0.208 e. The van der Waals surface area contributed by atoms with Crippen molar-refractivity contribution in [2.24, 2.45) is 0 Å². The second kappa shape index (κ2) is 11.3. The van der Waals surface area contributed by atoms with Crippen LogP contribution >= 0.6 is 0 Å². The maximum absolute atomic E-state index is 9.75. The normalized spacial score (nSPS) is 17.2. The monoisotopic (exact) mass is 666 g/mol. The maximum Gasteiger partial charge on any atom is 0.164 e. The SMILES string of the molecule is [2H]c1c([2H])c(-c2nc(-c3ccccc3)nc(-c3ccc4c(c3)C(C)(C)c3ccccc3-4)n2)c([2H])c(-c2c([2H])c([2H])c3c4c([2H])c([2H])c([2H])c([2H])c4c4c([2H])c([2H])c([2H])c([2H])c4c3c2[2H])c1[2H]. The molecular formula is C48H33N3. The van der Waals surface area contributed by atoms with E-state index in [1.54, 1.807) is 24.3 Å². The van der Waals surface area contributed by atoms with E-state index in [0.29, 0.717) is 11.1 Å². The molecule has 0 bridgehead atoms. The zero-order valence-corrected chi connectivity index (χ0v) is 27.3. The Bertz CT molecular complexity index is 3640. The molecule has 0 saturated heterocycles. The Morgan fingerprint density at radius 2 is 0.961 bits per heavy atom. The summed E-state index contributed by atoms with van der Waals surface area (Å²) in [5.74, 6) is 0.117. The van der Waals surface area contributed by atoms with E-state index < -0.39 is 102 Å². The Hall–Kier alpha value is -6.45. The molecule has 3 nitrogen and oxygen atoms in total. The van der Waals surface area contributed by atoms with Gasteiger partial charge in [-0.2, -0.15) is 0 Å². The van der Waals surface area contributed by atoms with Gasteiger partial charge in [0.1, 0.15) is 0 Å². The average molecular weight is 667 g/mol. The number of nitrogens with zero attached hydrogens (tertiary/aromatic N) is 3. The standard InChI is InChI=1S/C48H33N3/c1-48(2)43-22-11-10-21-40(43)41-26-24-34(29-44(41)48)47-50-45(30-13-4-3-5-14-30)49-46(51-47)33-16-12-15-31(27-33)32-23-25-39-37-19-7-6-17-35(37)36-18-8-9-20-38(36)42(39)28-32/h3-29H,1-2H3/i6D,7D,8D,9D,12D,15D,16D,17D,18D,19D,20D,23D,25D,27D,28D. The highest BCUT2D eigenvalue weighted by molar-refractivity contribution is 6.25. The third-order valence-electron chi connectivity index (χ3n) is 9.55. The van der Waals surface area contributed by atoms with E-state index in [1.165, 1.54) is 0 Å². The van der Waals surface area contributed by atoms with Crippen molar-refractivity contribution in [3.8, 4) is 56.4 Å². The number of hydrogen-bond donors (Lipinski definition) is 0. The zero-order valence-electron chi connectivity index (χ0n) is 42.3. The van der Waals surface area contributed by atoms with Crippen LogP contribution in [0.5, 0.6) is 0 Å². The van der Waals surface area contributed by atoms with Gasteiger partial charge in [0.2, 0.25) is 0 Å². The molecule has 0 fully saturated rings. The molecule has 10 rings (SSSR count). The van der Waals surface area contributed by atoms with Gasteiger partial charge in [-0.05, 0) is 83.8 Å². The average Bonchev–Trinajstić information content (AvgIpc) is 3.55. The van der Waals surface area contributed by atoms with E-state index in [4.69, 9.17) is 27.3 Å². The fourth-order valence-corrected chi connectivity index (χ4v) is 7.04. The molecule has 3 heteroatoms. The van der Waals surface area contributed by atoms with Gasteiger partial charge in [0, 0.05) is 22.1 Å². The summed E-state index contributed by atoms with van der Waals surface area (Å²) in [5.41, 5.74) is 3.68. The van der Waals surface area contributed by atoms with Crippen molar-refractivity contribution in [2.45, 2.75) is 19.3 Å². The largest absolute Gasteiger partial charge is 0.208 e. The first kappa shape index (κ1) is 18.0. The highest BCUT2D eigenvalue weighted by Crippen LogP contribution is 2.49. The number of rotatable bonds is 4. The lowest BCUT2D eigenvalue weighted by molar-refractivity contribution is 0.660. The van der Waals surface area contributed by atoms with Crippen LogP contribution in [-0.4, -0.2) is 15.0 Å². The minimum absolute atomic E-state index is 0.166. The van der Waals surface area contributed by atoms with Crippen LogP contribution in [0.2, 0.25) is 0 Å². The molecule has 8 aromatic carbocycles. The molecule has 0 aliphatic heterocycles. The van der Waals surface area contributed by atoms with E-state index in [0.717, 1.165) is 22.3 Å². The zero-order chi connectivity index (χ0) is 47.2. The van der Waals surface area contributed by atoms with E-state index >= 15 is 0 Å². The Morgan fingerprint density at radius 1 is 0.412 bits per heavy atom. The van der Waals surface area contributed by atoms with Crippen molar-refractivity contribution < 1.29 is 20.6 Å². The number of fused-ring (bicyclic) bond motifs is 9. The van der Waals surface area contributed by atoms with Crippen molar-refractivity contribution in [3.63, 3.8) is 0 Å². The number of hydrogen-bond acceptors (Lipinski definition) is 3.